The van der Waals surface area contributed by atoms with Gasteiger partial charge in [0.25, 0.3) is 17.7 Å². The zero-order chi connectivity index (χ0) is 32.9. The van der Waals surface area contributed by atoms with Gasteiger partial charge in [0.05, 0.1) is 24.2 Å². The Morgan fingerprint density at radius 3 is 2.40 bits per heavy atom. The molecule has 1 aliphatic heterocycles. The predicted octanol–water partition coefficient (Wildman–Crippen LogP) is 4.88. The number of hydrogen-bond donors (Lipinski definition) is 4. The smallest absolute Gasteiger partial charge is 0.271 e. The molecule has 0 unspecified atom stereocenters. The maximum absolute atomic E-state index is 13.9. The molecule has 0 spiro atoms. The summed E-state index contributed by atoms with van der Waals surface area (Å²) in [4.78, 5) is 67.8. The van der Waals surface area contributed by atoms with Crippen LogP contribution in [0.3, 0.4) is 0 Å². The third kappa shape index (κ3) is 7.42. The van der Waals surface area contributed by atoms with Crippen LogP contribution in [0.1, 0.15) is 79.3 Å². The number of aromatic amines is 1. The van der Waals surface area contributed by atoms with E-state index in [1.807, 2.05) is 68.4 Å². The van der Waals surface area contributed by atoms with E-state index in [1.54, 1.807) is 17.0 Å². The molecule has 2 aromatic carbocycles. The second kappa shape index (κ2) is 14.3. The molecule has 0 saturated carbocycles. The van der Waals surface area contributed by atoms with Crippen molar-refractivity contribution in [3.63, 3.8) is 0 Å². The lowest BCUT2D eigenvalue weighted by atomic mass is 10.0. The van der Waals surface area contributed by atoms with Gasteiger partial charge in [0, 0.05) is 40.9 Å². The number of nitrogens with zero attached hydrogens (tertiary/aromatic N) is 3. The molecule has 11 nitrogen and oxygen atoms in total. The summed E-state index contributed by atoms with van der Waals surface area (Å²) in [5, 5.41) is 14.3. The van der Waals surface area contributed by atoms with Gasteiger partial charge < -0.3 is 25.8 Å². The van der Waals surface area contributed by atoms with Gasteiger partial charge in [0.1, 0.15) is 21.4 Å². The summed E-state index contributed by atoms with van der Waals surface area (Å²) in [5.74, 6) is -1.38. The number of amides is 4. The lowest BCUT2D eigenvalue weighted by Crippen LogP contribution is -2.43. The van der Waals surface area contributed by atoms with Gasteiger partial charge in [-0.15, -0.1) is 22.7 Å². The number of thiazole rings is 2. The van der Waals surface area contributed by atoms with Crippen molar-refractivity contribution in [3.05, 3.63) is 104 Å². The highest BCUT2D eigenvalue weighted by Crippen LogP contribution is 2.27. The van der Waals surface area contributed by atoms with Crippen LogP contribution in [-0.4, -0.2) is 63.1 Å². The van der Waals surface area contributed by atoms with E-state index in [9.17, 15) is 19.2 Å². The molecule has 0 fully saturated rings. The Bertz CT molecular complexity index is 1900. The van der Waals surface area contributed by atoms with E-state index in [-0.39, 0.29) is 60.6 Å². The fraction of sp³-hybridized carbons (Fsp3) is 0.294. The first-order valence-corrected chi connectivity index (χ1v) is 17.2. The Morgan fingerprint density at radius 2 is 1.62 bits per heavy atom. The topological polar surface area (TPSA) is 149 Å². The maximum atomic E-state index is 13.9. The molecule has 2 atom stereocenters. The van der Waals surface area contributed by atoms with Gasteiger partial charge in [-0.05, 0) is 30.4 Å². The number of para-hydroxylation sites is 1. The van der Waals surface area contributed by atoms with E-state index < -0.39 is 12.1 Å². The van der Waals surface area contributed by atoms with Crippen LogP contribution < -0.4 is 16.0 Å². The van der Waals surface area contributed by atoms with Gasteiger partial charge in [-0.1, -0.05) is 62.4 Å². The third-order valence-corrected chi connectivity index (χ3v) is 9.86. The van der Waals surface area contributed by atoms with Crippen molar-refractivity contribution in [1.29, 1.82) is 0 Å². The van der Waals surface area contributed by atoms with Crippen LogP contribution >= 0.6 is 22.7 Å². The Labute approximate surface area is 279 Å². The van der Waals surface area contributed by atoms with Gasteiger partial charge in [-0.2, -0.15) is 0 Å². The van der Waals surface area contributed by atoms with Crippen LogP contribution in [0.4, 0.5) is 0 Å². The van der Waals surface area contributed by atoms with E-state index in [0.29, 0.717) is 28.4 Å². The predicted molar refractivity (Wildman–Crippen MR) is 181 cm³/mol. The van der Waals surface area contributed by atoms with E-state index in [4.69, 9.17) is 0 Å². The van der Waals surface area contributed by atoms with Crippen LogP contribution in [0, 0.1) is 5.92 Å². The summed E-state index contributed by atoms with van der Waals surface area (Å²) in [7, 11) is 0. The molecule has 1 aliphatic rings. The largest absolute Gasteiger partial charge is 0.360 e. The van der Waals surface area contributed by atoms with Crippen molar-refractivity contribution in [3.8, 4) is 0 Å². The SMILES string of the molecule is CC(C)[C@@H]1NC(=O)c2csc(n2)[C@H](Cc2ccccc2)NC(=O)CN(C(=O)c2c[nH]c3ccccc23)CCCNC(=O)c2csc1n2. The van der Waals surface area contributed by atoms with Gasteiger partial charge in [-0.25, -0.2) is 9.97 Å². The molecular weight excluding hydrogens is 635 g/mol. The number of rotatable bonds is 4. The molecule has 5 aromatic rings. The van der Waals surface area contributed by atoms with Crippen molar-refractivity contribution in [2.24, 2.45) is 5.92 Å². The minimum atomic E-state index is -0.537. The van der Waals surface area contributed by atoms with Crippen LogP contribution in [0.5, 0.6) is 0 Å². The molecule has 47 heavy (non-hydrogen) atoms. The van der Waals surface area contributed by atoms with Crippen molar-refractivity contribution in [2.75, 3.05) is 19.6 Å². The lowest BCUT2D eigenvalue weighted by molar-refractivity contribution is -0.122. The maximum Gasteiger partial charge on any atom is 0.271 e. The van der Waals surface area contributed by atoms with E-state index in [2.05, 4.69) is 30.9 Å². The Kier molecular flexibility index (Phi) is 9.73. The van der Waals surface area contributed by atoms with Crippen LogP contribution in [0.15, 0.2) is 71.6 Å². The van der Waals surface area contributed by atoms with E-state index in [0.717, 1.165) is 16.5 Å². The van der Waals surface area contributed by atoms with Crippen molar-refractivity contribution in [2.45, 2.75) is 38.8 Å². The van der Waals surface area contributed by atoms with Gasteiger partial charge in [-0.3, -0.25) is 19.2 Å². The molecular formula is C34H35N7O4S2. The quantitative estimate of drug-likeness (QED) is 0.214. The number of hydrogen-bond acceptors (Lipinski definition) is 8. The van der Waals surface area contributed by atoms with Gasteiger partial charge >= 0.3 is 0 Å². The minimum Gasteiger partial charge on any atom is -0.360 e. The van der Waals surface area contributed by atoms with Crippen LogP contribution in [0.25, 0.3) is 10.9 Å². The van der Waals surface area contributed by atoms with Crippen LogP contribution in [0.2, 0.25) is 0 Å². The number of aromatic nitrogens is 3. The molecule has 4 heterocycles. The fourth-order valence-corrected chi connectivity index (χ4v) is 7.38. The molecule has 4 N–H and O–H groups in total. The number of nitrogens with one attached hydrogen (secondary N) is 4. The van der Waals surface area contributed by atoms with Crippen molar-refractivity contribution < 1.29 is 19.2 Å². The van der Waals surface area contributed by atoms with Crippen LogP contribution in [-0.2, 0) is 11.2 Å². The fourth-order valence-electron chi connectivity index (χ4n) is 5.51. The van der Waals surface area contributed by atoms with Gasteiger partial charge in [0.15, 0.2) is 0 Å². The standard InChI is InChI=1S/C34H35N7O4S2/c1-20(2)29-33-39-26(18-47-33)30(43)35-13-8-14-41(34(45)23-16-36-24-12-7-6-11-22(23)24)17-28(42)37-25(15-21-9-4-3-5-10-21)32-38-27(19-46-32)31(44)40-29/h3-7,9-12,16,18-20,25,29,36H,8,13-15,17H2,1-2H3,(H,35,43)(H,37,42)(H,40,44)/t25-,29-/m0/s1. The third-order valence-electron chi connectivity index (χ3n) is 7.98. The molecule has 3 aromatic heterocycles. The molecule has 0 saturated heterocycles. The number of benzene rings is 2. The monoisotopic (exact) mass is 669 g/mol. The number of fused-ring (bicyclic) bond motifs is 5. The molecule has 0 radical (unpaired) electrons. The molecule has 4 amide bonds. The molecule has 242 valence electrons. The molecule has 4 bridgehead atoms. The average molecular weight is 670 g/mol. The Morgan fingerprint density at radius 1 is 0.915 bits per heavy atom. The first-order valence-electron chi connectivity index (χ1n) is 15.5. The summed E-state index contributed by atoms with van der Waals surface area (Å²) < 4.78 is 0. The zero-order valence-corrected chi connectivity index (χ0v) is 27.6. The second-order valence-corrected chi connectivity index (χ2v) is 13.5. The first-order chi connectivity index (χ1) is 22.8. The number of carbonyl (C=O) groups excluding carboxylic acids is 4. The number of H-pyrrole nitrogens is 1. The summed E-state index contributed by atoms with van der Waals surface area (Å²) in [6.45, 7) is 4.24. The summed E-state index contributed by atoms with van der Waals surface area (Å²) in [5.41, 5.74) is 2.75. The van der Waals surface area contributed by atoms with Crippen molar-refractivity contribution >= 4 is 57.2 Å². The Balaban J connectivity index is 1.33. The number of carbonyl (C=O) groups is 4. The van der Waals surface area contributed by atoms with E-state index in [1.165, 1.54) is 27.6 Å². The highest BCUT2D eigenvalue weighted by Gasteiger charge is 2.28. The highest BCUT2D eigenvalue weighted by molar-refractivity contribution is 7.10. The summed E-state index contributed by atoms with van der Waals surface area (Å²) >= 11 is 2.61. The molecule has 0 aliphatic carbocycles. The van der Waals surface area contributed by atoms with Crippen molar-refractivity contribution in [1.82, 2.24) is 35.8 Å². The summed E-state index contributed by atoms with van der Waals surface area (Å²) in [6.07, 6.45) is 2.52. The van der Waals surface area contributed by atoms with Gasteiger partial charge in [0.2, 0.25) is 5.91 Å². The zero-order valence-electron chi connectivity index (χ0n) is 26.0. The average Bonchev–Trinajstić information content (AvgIpc) is 3.84. The Hall–Kier alpha value is -4.88. The minimum absolute atomic E-state index is 0.000916. The first kappa shape index (κ1) is 32.1. The lowest BCUT2D eigenvalue weighted by Gasteiger charge is -2.24. The second-order valence-electron chi connectivity index (χ2n) is 11.7. The normalized spacial score (nSPS) is 18.2. The van der Waals surface area contributed by atoms with E-state index >= 15 is 0 Å². The molecule has 13 heteroatoms. The summed E-state index contributed by atoms with van der Waals surface area (Å²) in [6, 6.07) is 16.3. The molecule has 6 rings (SSSR count). The highest BCUT2D eigenvalue weighted by atomic mass is 32.1.